The third-order valence-electron chi connectivity index (χ3n) is 5.90. The number of fused-ring (bicyclic) bond motifs is 2. The van der Waals surface area contributed by atoms with E-state index < -0.39 is 5.60 Å². The number of hydrogen-bond donors (Lipinski definition) is 1. The molecule has 1 aromatic heterocycles. The van der Waals surface area contributed by atoms with E-state index in [1.165, 1.54) is 5.56 Å². The molecule has 2 fully saturated rings. The van der Waals surface area contributed by atoms with Crippen molar-refractivity contribution in [3.63, 3.8) is 0 Å². The zero-order valence-electron chi connectivity index (χ0n) is 16.3. The lowest BCUT2D eigenvalue weighted by Crippen LogP contribution is -2.50. The predicted molar refractivity (Wildman–Crippen MR) is 105 cm³/mol. The fraction of sp³-hybridized carbons (Fsp3) is 0.500. The van der Waals surface area contributed by atoms with Gasteiger partial charge in [0.1, 0.15) is 23.8 Å². The van der Waals surface area contributed by atoms with Crippen LogP contribution in [0.1, 0.15) is 44.0 Å². The van der Waals surface area contributed by atoms with Crippen molar-refractivity contribution in [1.29, 1.82) is 0 Å². The fourth-order valence-electron chi connectivity index (χ4n) is 4.72. The summed E-state index contributed by atoms with van der Waals surface area (Å²) in [4.78, 5) is 7.00. The van der Waals surface area contributed by atoms with Crippen LogP contribution in [0.3, 0.4) is 0 Å². The summed E-state index contributed by atoms with van der Waals surface area (Å²) in [6, 6.07) is 9.13. The molecule has 5 nitrogen and oxygen atoms in total. The minimum absolute atomic E-state index is 0.394. The van der Waals surface area contributed by atoms with Gasteiger partial charge in [-0.2, -0.15) is 0 Å². The quantitative estimate of drug-likeness (QED) is 0.795. The Morgan fingerprint density at radius 3 is 2.70 bits per heavy atom. The highest BCUT2D eigenvalue weighted by Gasteiger charge is 2.49. The number of aryl methyl sites for hydroxylation is 1. The van der Waals surface area contributed by atoms with Crippen molar-refractivity contribution in [2.45, 2.75) is 56.8 Å². The van der Waals surface area contributed by atoms with E-state index in [2.05, 4.69) is 34.7 Å². The second-order valence-corrected chi connectivity index (χ2v) is 8.25. The van der Waals surface area contributed by atoms with Crippen LogP contribution in [0.15, 0.2) is 48.8 Å². The Bertz CT molecular complexity index is 814. The molecule has 0 saturated carbocycles. The first kappa shape index (κ1) is 18.3. The summed E-state index contributed by atoms with van der Waals surface area (Å²) in [5.74, 6) is 1.69. The van der Waals surface area contributed by atoms with Crippen LogP contribution >= 0.6 is 0 Å². The number of hydrogen-bond acceptors (Lipinski definition) is 4. The minimum Gasteiger partial charge on any atom is -0.489 e. The molecule has 1 N–H and O–H groups in total. The number of nitrogens with zero attached hydrogens (tertiary/aromatic N) is 3. The van der Waals surface area contributed by atoms with Crippen LogP contribution < -0.4 is 4.74 Å². The summed E-state index contributed by atoms with van der Waals surface area (Å²) in [6.07, 6.45) is 7.48. The second-order valence-electron chi connectivity index (χ2n) is 8.25. The van der Waals surface area contributed by atoms with Gasteiger partial charge >= 0.3 is 0 Å². The zero-order chi connectivity index (χ0) is 19.0. The topological polar surface area (TPSA) is 50.5 Å². The summed E-state index contributed by atoms with van der Waals surface area (Å²) >= 11 is 0. The van der Waals surface area contributed by atoms with Crippen molar-refractivity contribution in [2.75, 3.05) is 6.61 Å². The summed E-state index contributed by atoms with van der Waals surface area (Å²) in [5, 5.41) is 11.3. The molecule has 5 heteroatoms. The molecule has 2 aliphatic heterocycles. The Balaban J connectivity index is 1.47. The fourth-order valence-corrected chi connectivity index (χ4v) is 4.72. The lowest BCUT2D eigenvalue weighted by Gasteiger charge is -2.43. The number of imidazole rings is 1. The van der Waals surface area contributed by atoms with E-state index in [-0.39, 0.29) is 0 Å². The number of aromatic nitrogens is 2. The molecular weight excluding hydrogens is 338 g/mol. The lowest BCUT2D eigenvalue weighted by molar-refractivity contribution is -0.0669. The van der Waals surface area contributed by atoms with Gasteiger partial charge in [0, 0.05) is 38.1 Å². The van der Waals surface area contributed by atoms with Crippen LogP contribution in [0.4, 0.5) is 0 Å². The molecule has 1 unspecified atom stereocenters. The van der Waals surface area contributed by atoms with E-state index in [1.807, 2.05) is 30.8 Å². The molecule has 3 atom stereocenters. The molecule has 2 saturated heterocycles. The van der Waals surface area contributed by atoms with E-state index in [4.69, 9.17) is 4.74 Å². The molecule has 27 heavy (non-hydrogen) atoms. The first-order valence-electron chi connectivity index (χ1n) is 9.77. The molecule has 0 aliphatic carbocycles. The molecule has 4 rings (SSSR count). The zero-order valence-corrected chi connectivity index (χ0v) is 16.3. The Morgan fingerprint density at radius 1 is 1.33 bits per heavy atom. The van der Waals surface area contributed by atoms with Gasteiger partial charge in [-0.15, -0.1) is 0 Å². The highest BCUT2D eigenvalue weighted by Crippen LogP contribution is 2.45. The monoisotopic (exact) mass is 367 g/mol. The van der Waals surface area contributed by atoms with Gasteiger partial charge in [0.05, 0.1) is 0 Å². The third-order valence-corrected chi connectivity index (χ3v) is 5.90. The van der Waals surface area contributed by atoms with Crippen LogP contribution in [0.5, 0.6) is 5.75 Å². The molecule has 0 spiro atoms. The number of piperidine rings is 1. The molecular formula is C22H29N3O2. The summed E-state index contributed by atoms with van der Waals surface area (Å²) in [5.41, 5.74) is 1.46. The average molecular weight is 367 g/mol. The van der Waals surface area contributed by atoms with E-state index in [9.17, 15) is 5.11 Å². The molecule has 2 aromatic rings. The Kier molecular flexibility index (Phi) is 4.82. The van der Waals surface area contributed by atoms with Gasteiger partial charge in [-0.05, 0) is 55.9 Å². The first-order valence-corrected chi connectivity index (χ1v) is 9.77. The maximum Gasteiger partial charge on any atom is 0.140 e. The summed E-state index contributed by atoms with van der Waals surface area (Å²) < 4.78 is 7.75. The Hall–Kier alpha value is -2.11. The molecule has 2 aliphatic rings. The van der Waals surface area contributed by atoms with Gasteiger partial charge in [-0.25, -0.2) is 4.98 Å². The average Bonchev–Trinajstić information content (AvgIpc) is 3.16. The van der Waals surface area contributed by atoms with E-state index in [0.717, 1.165) is 49.4 Å². The third kappa shape index (κ3) is 3.66. The van der Waals surface area contributed by atoms with Crippen molar-refractivity contribution in [3.8, 4) is 5.75 Å². The van der Waals surface area contributed by atoms with Crippen LogP contribution in [0.2, 0.25) is 0 Å². The largest absolute Gasteiger partial charge is 0.489 e. The van der Waals surface area contributed by atoms with Crippen molar-refractivity contribution in [1.82, 2.24) is 14.5 Å². The number of rotatable bonds is 6. The molecule has 0 amide bonds. The standard InChI is InChI=1S/C22H29N3O2/c1-16(2)15-27-20-6-4-5-17(11-20)14-25-18-7-8-19(25)13-22(26,12-18)21-23-9-10-24(21)3/h4-6,9-11,18-19,26H,1,7-8,12-15H2,2-3H3/t18-,19+,22?. The SMILES string of the molecule is C=C(C)COc1cccc(CN2[C@@H]3CC[C@H]2CC(O)(c2nccn2C)C3)c1. The lowest BCUT2D eigenvalue weighted by atomic mass is 9.85. The molecule has 0 radical (unpaired) electrons. The van der Waals surface area contributed by atoms with Crippen LogP contribution in [0, 0.1) is 0 Å². The van der Waals surface area contributed by atoms with E-state index >= 15 is 0 Å². The first-order chi connectivity index (χ1) is 12.9. The van der Waals surface area contributed by atoms with Crippen LogP contribution in [0.25, 0.3) is 0 Å². The van der Waals surface area contributed by atoms with Crippen molar-refractivity contribution in [2.24, 2.45) is 7.05 Å². The smallest absolute Gasteiger partial charge is 0.140 e. The predicted octanol–water partition coefficient (Wildman–Crippen LogP) is 3.39. The molecule has 1 aromatic carbocycles. The van der Waals surface area contributed by atoms with Crippen LogP contribution in [-0.2, 0) is 19.2 Å². The highest BCUT2D eigenvalue weighted by molar-refractivity contribution is 5.29. The summed E-state index contributed by atoms with van der Waals surface area (Å²) in [6.45, 7) is 7.31. The van der Waals surface area contributed by atoms with Crippen molar-refractivity contribution in [3.05, 3.63) is 60.2 Å². The van der Waals surface area contributed by atoms with Crippen LogP contribution in [-0.4, -0.2) is 38.2 Å². The number of aliphatic hydroxyl groups is 1. The van der Waals surface area contributed by atoms with Crippen molar-refractivity contribution < 1.29 is 9.84 Å². The van der Waals surface area contributed by atoms with E-state index in [0.29, 0.717) is 18.7 Å². The van der Waals surface area contributed by atoms with Gasteiger partial charge in [0.15, 0.2) is 0 Å². The van der Waals surface area contributed by atoms with Gasteiger partial charge in [-0.3, -0.25) is 4.90 Å². The Morgan fingerprint density at radius 2 is 2.07 bits per heavy atom. The minimum atomic E-state index is -0.812. The number of benzene rings is 1. The van der Waals surface area contributed by atoms with E-state index in [1.54, 1.807) is 6.20 Å². The van der Waals surface area contributed by atoms with Gasteiger partial charge in [0.2, 0.25) is 0 Å². The molecule has 3 heterocycles. The van der Waals surface area contributed by atoms with Gasteiger partial charge < -0.3 is 14.4 Å². The van der Waals surface area contributed by atoms with Gasteiger partial charge in [-0.1, -0.05) is 18.7 Å². The number of ether oxygens (including phenoxy) is 1. The highest BCUT2D eigenvalue weighted by atomic mass is 16.5. The van der Waals surface area contributed by atoms with Crippen molar-refractivity contribution >= 4 is 0 Å². The van der Waals surface area contributed by atoms with Gasteiger partial charge in [0.25, 0.3) is 0 Å². The molecule has 2 bridgehead atoms. The maximum atomic E-state index is 11.3. The second kappa shape index (κ2) is 7.13. The normalized spacial score (nSPS) is 27.7. The molecule has 144 valence electrons. The Labute approximate surface area is 161 Å². The summed E-state index contributed by atoms with van der Waals surface area (Å²) in [7, 11) is 1.96. The maximum absolute atomic E-state index is 11.3.